The average Bonchev–Trinajstić information content (AvgIpc) is 2.65. The van der Waals surface area contributed by atoms with E-state index in [2.05, 4.69) is 0 Å². The Morgan fingerprint density at radius 3 is 2.59 bits per heavy atom. The van der Waals surface area contributed by atoms with Crippen LogP contribution < -0.4 is 0 Å². The molecule has 1 aliphatic carbocycles. The van der Waals surface area contributed by atoms with Crippen LogP contribution in [0, 0.1) is 5.41 Å². The molecule has 0 aromatic carbocycles. The summed E-state index contributed by atoms with van der Waals surface area (Å²) in [6, 6.07) is 0. The van der Waals surface area contributed by atoms with Gasteiger partial charge in [-0.15, -0.1) is 0 Å². The van der Waals surface area contributed by atoms with Crippen LogP contribution in [0.4, 0.5) is 13.2 Å². The fourth-order valence-electron chi connectivity index (χ4n) is 3.05. The Balaban J connectivity index is 2.16. The van der Waals surface area contributed by atoms with Gasteiger partial charge in [-0.25, -0.2) is 0 Å². The van der Waals surface area contributed by atoms with Gasteiger partial charge in [0.1, 0.15) is 0 Å². The Bertz CT molecular complexity index is 278. The highest BCUT2D eigenvalue weighted by molar-refractivity contribution is 5.01. The molecule has 2 nitrogen and oxygen atoms in total. The fourth-order valence-corrected chi connectivity index (χ4v) is 3.05. The molecule has 2 fully saturated rings. The Morgan fingerprint density at radius 2 is 2.00 bits per heavy atom. The molecule has 1 saturated carbocycles. The summed E-state index contributed by atoms with van der Waals surface area (Å²) < 4.78 is 49.3. The number of halogens is 3. The maximum atomic E-state index is 12.8. The van der Waals surface area contributed by atoms with E-state index >= 15 is 0 Å². The lowest BCUT2D eigenvalue weighted by atomic mass is 9.82. The van der Waals surface area contributed by atoms with Crippen molar-refractivity contribution in [1.82, 2.24) is 0 Å². The van der Waals surface area contributed by atoms with Crippen LogP contribution >= 0.6 is 0 Å². The standard InChI is InChI=1S/C12H19F3O2/c1-3-9(12(13,14)15)17-11-6-4-5-10(11,2)7-8-16-11/h9H,3-8H2,1-2H3. The van der Waals surface area contributed by atoms with E-state index in [0.29, 0.717) is 13.0 Å². The minimum Gasteiger partial charge on any atom is -0.349 e. The summed E-state index contributed by atoms with van der Waals surface area (Å²) in [5.74, 6) is -0.997. The van der Waals surface area contributed by atoms with Crippen LogP contribution in [-0.2, 0) is 9.47 Å². The van der Waals surface area contributed by atoms with Gasteiger partial charge in [-0.1, -0.05) is 13.8 Å². The van der Waals surface area contributed by atoms with Crippen molar-refractivity contribution in [1.29, 1.82) is 0 Å². The molecule has 0 amide bonds. The van der Waals surface area contributed by atoms with Gasteiger partial charge in [0, 0.05) is 11.8 Å². The quantitative estimate of drug-likeness (QED) is 0.763. The molecule has 0 aromatic rings. The van der Waals surface area contributed by atoms with Crippen LogP contribution in [0.15, 0.2) is 0 Å². The first-order valence-corrected chi connectivity index (χ1v) is 6.21. The summed E-state index contributed by atoms with van der Waals surface area (Å²) in [5, 5.41) is 0. The largest absolute Gasteiger partial charge is 0.414 e. The van der Waals surface area contributed by atoms with Gasteiger partial charge in [0.25, 0.3) is 0 Å². The Hall–Kier alpha value is -0.290. The molecule has 2 aliphatic rings. The van der Waals surface area contributed by atoms with E-state index in [1.54, 1.807) is 0 Å². The third-order valence-corrected chi connectivity index (χ3v) is 4.21. The molecule has 3 unspecified atom stereocenters. The first-order chi connectivity index (χ1) is 7.83. The molecule has 5 heteroatoms. The lowest BCUT2D eigenvalue weighted by molar-refractivity contribution is -0.325. The van der Waals surface area contributed by atoms with E-state index in [0.717, 1.165) is 19.3 Å². The molecule has 0 bridgehead atoms. The maximum absolute atomic E-state index is 12.8. The molecule has 2 rings (SSSR count). The van der Waals surface area contributed by atoms with Crippen molar-refractivity contribution in [2.75, 3.05) is 6.61 Å². The molecular formula is C12H19F3O2. The molecule has 1 heterocycles. The first kappa shape index (κ1) is 13.1. The number of ether oxygens (including phenoxy) is 2. The number of fused-ring (bicyclic) bond motifs is 1. The van der Waals surface area contributed by atoms with E-state index in [-0.39, 0.29) is 11.8 Å². The molecule has 1 saturated heterocycles. The topological polar surface area (TPSA) is 18.5 Å². The Labute approximate surface area is 99.5 Å². The Kier molecular flexibility index (Phi) is 3.19. The molecule has 0 spiro atoms. The zero-order chi connectivity index (χ0) is 12.7. The zero-order valence-electron chi connectivity index (χ0n) is 10.3. The van der Waals surface area contributed by atoms with E-state index in [4.69, 9.17) is 9.47 Å². The van der Waals surface area contributed by atoms with Crippen LogP contribution in [0.2, 0.25) is 0 Å². The summed E-state index contributed by atoms with van der Waals surface area (Å²) in [4.78, 5) is 0. The molecule has 0 aromatic heterocycles. The van der Waals surface area contributed by atoms with Gasteiger partial charge in [-0.05, 0) is 25.7 Å². The van der Waals surface area contributed by atoms with Gasteiger partial charge in [0.15, 0.2) is 11.9 Å². The van der Waals surface area contributed by atoms with Gasteiger partial charge in [-0.3, -0.25) is 0 Å². The van der Waals surface area contributed by atoms with Gasteiger partial charge in [0.2, 0.25) is 0 Å². The lowest BCUT2D eigenvalue weighted by Gasteiger charge is -2.39. The van der Waals surface area contributed by atoms with Gasteiger partial charge in [0.05, 0.1) is 6.61 Å². The van der Waals surface area contributed by atoms with E-state index in [9.17, 15) is 13.2 Å². The number of hydrogen-bond donors (Lipinski definition) is 0. The van der Waals surface area contributed by atoms with Crippen LogP contribution in [0.5, 0.6) is 0 Å². The van der Waals surface area contributed by atoms with E-state index < -0.39 is 18.1 Å². The predicted octanol–water partition coefficient (Wildman–Crippen LogP) is 3.65. The van der Waals surface area contributed by atoms with Crippen LogP contribution in [-0.4, -0.2) is 24.7 Å². The summed E-state index contributed by atoms with van der Waals surface area (Å²) in [5.41, 5.74) is -0.244. The third-order valence-electron chi connectivity index (χ3n) is 4.21. The molecule has 17 heavy (non-hydrogen) atoms. The highest BCUT2D eigenvalue weighted by atomic mass is 19.4. The highest BCUT2D eigenvalue weighted by Gasteiger charge is 2.60. The molecular weight excluding hydrogens is 233 g/mol. The van der Waals surface area contributed by atoms with E-state index in [1.165, 1.54) is 6.92 Å². The number of hydrogen-bond acceptors (Lipinski definition) is 2. The zero-order valence-corrected chi connectivity index (χ0v) is 10.3. The minimum atomic E-state index is -4.31. The van der Waals surface area contributed by atoms with Crippen molar-refractivity contribution < 1.29 is 22.6 Å². The normalized spacial score (nSPS) is 39.4. The van der Waals surface area contributed by atoms with Crippen molar-refractivity contribution >= 4 is 0 Å². The molecule has 0 radical (unpaired) electrons. The predicted molar refractivity (Wildman–Crippen MR) is 56.5 cm³/mol. The summed E-state index contributed by atoms with van der Waals surface area (Å²) in [6.45, 7) is 3.98. The van der Waals surface area contributed by atoms with E-state index in [1.807, 2.05) is 6.92 Å². The van der Waals surface area contributed by atoms with Crippen molar-refractivity contribution in [2.45, 2.75) is 64.0 Å². The summed E-state index contributed by atoms with van der Waals surface area (Å²) in [7, 11) is 0. The van der Waals surface area contributed by atoms with Gasteiger partial charge >= 0.3 is 6.18 Å². The van der Waals surface area contributed by atoms with Crippen LogP contribution in [0.25, 0.3) is 0 Å². The molecule has 1 aliphatic heterocycles. The number of alkyl halides is 3. The third kappa shape index (κ3) is 2.08. The SMILES string of the molecule is CCC(OC12CCCC1(C)CCO2)C(F)(F)F. The molecule has 3 atom stereocenters. The second kappa shape index (κ2) is 4.12. The average molecular weight is 252 g/mol. The first-order valence-electron chi connectivity index (χ1n) is 6.21. The monoisotopic (exact) mass is 252 g/mol. The second-order valence-corrected chi connectivity index (χ2v) is 5.32. The van der Waals surface area contributed by atoms with Crippen molar-refractivity contribution in [3.63, 3.8) is 0 Å². The molecule has 100 valence electrons. The minimum absolute atomic E-state index is 0.0648. The maximum Gasteiger partial charge on any atom is 0.414 e. The van der Waals surface area contributed by atoms with Crippen molar-refractivity contribution in [2.24, 2.45) is 5.41 Å². The smallest absolute Gasteiger partial charge is 0.349 e. The van der Waals surface area contributed by atoms with Crippen LogP contribution in [0.3, 0.4) is 0 Å². The molecule has 0 N–H and O–H groups in total. The van der Waals surface area contributed by atoms with Crippen molar-refractivity contribution in [3.8, 4) is 0 Å². The Morgan fingerprint density at radius 1 is 1.29 bits per heavy atom. The second-order valence-electron chi connectivity index (χ2n) is 5.32. The van der Waals surface area contributed by atoms with Crippen LogP contribution in [0.1, 0.15) is 46.0 Å². The van der Waals surface area contributed by atoms with Crippen molar-refractivity contribution in [3.05, 3.63) is 0 Å². The van der Waals surface area contributed by atoms with Gasteiger partial charge in [-0.2, -0.15) is 13.2 Å². The fraction of sp³-hybridized carbons (Fsp3) is 1.00. The lowest BCUT2D eigenvalue weighted by Crippen LogP contribution is -2.47. The van der Waals surface area contributed by atoms with Gasteiger partial charge < -0.3 is 9.47 Å². The highest BCUT2D eigenvalue weighted by Crippen LogP contribution is 2.56. The summed E-state index contributed by atoms with van der Waals surface area (Å²) in [6.07, 6.45) is -2.94. The number of rotatable bonds is 3. The summed E-state index contributed by atoms with van der Waals surface area (Å²) >= 11 is 0.